The van der Waals surface area contributed by atoms with Crippen LogP contribution >= 0.6 is 11.6 Å². The maximum atomic E-state index is 12.9. The van der Waals surface area contributed by atoms with E-state index >= 15 is 0 Å². The van der Waals surface area contributed by atoms with Crippen LogP contribution in [0.5, 0.6) is 5.75 Å². The molecule has 2 aromatic carbocycles. The number of methoxy groups -OCH3 is 1. The van der Waals surface area contributed by atoms with Crippen LogP contribution in [-0.4, -0.2) is 92.2 Å². The van der Waals surface area contributed by atoms with Gasteiger partial charge in [0.2, 0.25) is 0 Å². The summed E-state index contributed by atoms with van der Waals surface area (Å²) in [6.07, 6.45) is 6.31. The summed E-state index contributed by atoms with van der Waals surface area (Å²) in [5.74, 6) is 1.48. The maximum absolute atomic E-state index is 12.9. The van der Waals surface area contributed by atoms with E-state index in [-0.39, 0.29) is 18.0 Å². The molecule has 43 heavy (non-hydrogen) atoms. The van der Waals surface area contributed by atoms with Crippen LogP contribution < -0.4 is 15.8 Å². The van der Waals surface area contributed by atoms with Gasteiger partial charge in [-0.1, -0.05) is 41.9 Å². The van der Waals surface area contributed by atoms with Crippen molar-refractivity contribution < 1.29 is 19.1 Å². The molecule has 3 aliphatic rings. The summed E-state index contributed by atoms with van der Waals surface area (Å²) in [5.41, 5.74) is 7.69. The third-order valence-corrected chi connectivity index (χ3v) is 9.54. The Hall–Kier alpha value is -3.01. The molecule has 0 bridgehead atoms. The van der Waals surface area contributed by atoms with Gasteiger partial charge in [-0.3, -0.25) is 4.79 Å². The molecule has 9 nitrogen and oxygen atoms in total. The van der Waals surface area contributed by atoms with Crippen LogP contribution in [0.15, 0.2) is 42.5 Å². The Morgan fingerprint density at radius 2 is 1.60 bits per heavy atom. The molecule has 0 aliphatic carbocycles. The van der Waals surface area contributed by atoms with Crippen LogP contribution in [0.1, 0.15) is 54.4 Å². The Kier molecular flexibility index (Phi) is 11.1. The van der Waals surface area contributed by atoms with Crippen LogP contribution in [0, 0.1) is 11.8 Å². The summed E-state index contributed by atoms with van der Waals surface area (Å²) in [5, 5.41) is 3.52. The number of anilines is 1. The summed E-state index contributed by atoms with van der Waals surface area (Å²) >= 11 is 6.16. The van der Waals surface area contributed by atoms with E-state index in [1.54, 1.807) is 12.1 Å². The number of hydrogen-bond donors (Lipinski definition) is 2. The van der Waals surface area contributed by atoms with Gasteiger partial charge < -0.3 is 35.2 Å². The quantitative estimate of drug-likeness (QED) is 0.390. The maximum Gasteiger partial charge on any atom is 0.410 e. The molecule has 3 N–H and O–H groups in total. The van der Waals surface area contributed by atoms with Crippen LogP contribution in [-0.2, 0) is 11.3 Å². The molecule has 1 atom stereocenters. The van der Waals surface area contributed by atoms with Crippen LogP contribution in [0.25, 0.3) is 0 Å². The molecule has 2 amide bonds. The molecular weight excluding hydrogens is 566 g/mol. The van der Waals surface area contributed by atoms with E-state index in [0.29, 0.717) is 40.5 Å². The minimum Gasteiger partial charge on any atom is -0.496 e. The number of hydrogen-bond acceptors (Lipinski definition) is 7. The van der Waals surface area contributed by atoms with Crippen molar-refractivity contribution in [3.8, 4) is 5.75 Å². The second-order valence-corrected chi connectivity index (χ2v) is 12.8. The number of nitrogens with zero attached hydrogens (tertiary/aromatic N) is 3. The van der Waals surface area contributed by atoms with Gasteiger partial charge in [-0.25, -0.2) is 4.79 Å². The average Bonchev–Trinajstić information content (AvgIpc) is 3.03. The van der Waals surface area contributed by atoms with Crippen molar-refractivity contribution in [1.82, 2.24) is 20.0 Å². The summed E-state index contributed by atoms with van der Waals surface area (Å²) < 4.78 is 10.9. The number of rotatable bonds is 9. The molecule has 1 unspecified atom stereocenters. The van der Waals surface area contributed by atoms with Gasteiger partial charge in [0.25, 0.3) is 5.91 Å². The van der Waals surface area contributed by atoms with Gasteiger partial charge in [-0.15, -0.1) is 0 Å². The van der Waals surface area contributed by atoms with Gasteiger partial charge in [0.15, 0.2) is 0 Å². The predicted octanol–water partition coefficient (Wildman–Crippen LogP) is 4.89. The van der Waals surface area contributed by atoms with E-state index < -0.39 is 0 Å². The number of halogens is 1. The molecular formula is C33H46ClN5O4. The number of carbonyl (C=O) groups excluding carboxylic acids is 2. The van der Waals surface area contributed by atoms with Gasteiger partial charge in [0, 0.05) is 51.4 Å². The van der Waals surface area contributed by atoms with Gasteiger partial charge in [0.1, 0.15) is 12.4 Å². The van der Waals surface area contributed by atoms with Gasteiger partial charge in [-0.05, 0) is 75.1 Å². The predicted molar refractivity (Wildman–Crippen MR) is 169 cm³/mol. The fourth-order valence-corrected chi connectivity index (χ4v) is 6.87. The third-order valence-electron chi connectivity index (χ3n) is 9.21. The first kappa shape index (κ1) is 31.4. The van der Waals surface area contributed by atoms with Gasteiger partial charge in [-0.2, -0.15) is 0 Å². The third kappa shape index (κ3) is 8.77. The zero-order chi connectivity index (χ0) is 30.2. The number of nitrogens with one attached hydrogen (secondary N) is 1. The fraction of sp³-hybridized carbons (Fsp3) is 0.576. The Balaban J connectivity index is 0.984. The molecule has 3 heterocycles. The summed E-state index contributed by atoms with van der Waals surface area (Å²) in [6, 6.07) is 13.2. The number of amides is 2. The van der Waals surface area contributed by atoms with Crippen LogP contribution in [0.2, 0.25) is 5.02 Å². The van der Waals surface area contributed by atoms with Crippen molar-refractivity contribution in [2.75, 3.05) is 65.2 Å². The second-order valence-electron chi connectivity index (χ2n) is 12.4. The first-order valence-electron chi connectivity index (χ1n) is 15.7. The van der Waals surface area contributed by atoms with E-state index in [0.717, 1.165) is 77.2 Å². The molecule has 3 aliphatic heterocycles. The molecule has 0 saturated carbocycles. The number of ether oxygens (including phenoxy) is 2. The minimum atomic E-state index is -0.190. The number of likely N-dealkylation sites (tertiary alicyclic amines) is 3. The molecule has 10 heteroatoms. The zero-order valence-corrected chi connectivity index (χ0v) is 26.1. The Morgan fingerprint density at radius 3 is 2.30 bits per heavy atom. The van der Waals surface area contributed by atoms with Crippen LogP contribution in [0.4, 0.5) is 10.5 Å². The Morgan fingerprint density at radius 1 is 0.930 bits per heavy atom. The van der Waals surface area contributed by atoms with Crippen molar-refractivity contribution >= 4 is 29.3 Å². The first-order valence-corrected chi connectivity index (χ1v) is 16.1. The SMILES string of the molecule is COc1cc(N)c(Cl)cc1C(=O)NC1CCN(CC2CCN(CC3CCCN(C(=O)OCc4ccccc4)C3)CC2)CC1. The topological polar surface area (TPSA) is 100 Å². The van der Waals surface area contributed by atoms with E-state index in [1.807, 2.05) is 35.2 Å². The highest BCUT2D eigenvalue weighted by Gasteiger charge is 2.29. The highest BCUT2D eigenvalue weighted by Crippen LogP contribution is 2.29. The number of piperidine rings is 3. The molecule has 0 aromatic heterocycles. The highest BCUT2D eigenvalue weighted by molar-refractivity contribution is 6.33. The number of carbonyl (C=O) groups is 2. The normalized spacial score (nSPS) is 21.0. The van der Waals surface area contributed by atoms with Crippen LogP contribution in [0.3, 0.4) is 0 Å². The summed E-state index contributed by atoms with van der Waals surface area (Å²) in [4.78, 5) is 32.7. The lowest BCUT2D eigenvalue weighted by Gasteiger charge is -2.40. The Bertz CT molecular complexity index is 1220. The standard InChI is InChI=1S/C33H46ClN5O4/c1-42-31-19-30(35)29(34)18-28(31)32(40)36-27-11-16-38(17-12-27)20-24-9-14-37(15-10-24)21-26-8-5-13-39(22-26)33(41)43-23-25-6-3-2-4-7-25/h2-4,6-7,18-19,24,26-27H,5,8-17,20-23,35H2,1H3,(H,36,40). The molecule has 3 saturated heterocycles. The lowest BCUT2D eigenvalue weighted by atomic mass is 9.92. The monoisotopic (exact) mass is 611 g/mol. The number of nitrogens with two attached hydrogens (primary N) is 1. The number of benzene rings is 2. The molecule has 5 rings (SSSR count). The molecule has 2 aromatic rings. The van der Waals surface area contributed by atoms with E-state index in [1.165, 1.54) is 26.4 Å². The number of nitrogen functional groups attached to an aromatic ring is 1. The largest absolute Gasteiger partial charge is 0.496 e. The molecule has 3 fully saturated rings. The fourth-order valence-electron chi connectivity index (χ4n) is 6.71. The molecule has 0 radical (unpaired) electrons. The molecule has 234 valence electrons. The van der Waals surface area contributed by atoms with Crippen molar-refractivity contribution in [2.45, 2.75) is 51.2 Å². The summed E-state index contributed by atoms with van der Waals surface area (Å²) in [7, 11) is 1.53. The van der Waals surface area contributed by atoms with E-state index in [9.17, 15) is 9.59 Å². The first-order chi connectivity index (χ1) is 20.9. The van der Waals surface area contributed by atoms with Crippen molar-refractivity contribution in [3.63, 3.8) is 0 Å². The molecule has 0 spiro atoms. The second kappa shape index (κ2) is 15.1. The highest BCUT2D eigenvalue weighted by atomic mass is 35.5. The van der Waals surface area contributed by atoms with E-state index in [4.69, 9.17) is 26.8 Å². The minimum absolute atomic E-state index is 0.136. The van der Waals surface area contributed by atoms with Crippen molar-refractivity contribution in [1.29, 1.82) is 0 Å². The van der Waals surface area contributed by atoms with Gasteiger partial charge in [0.05, 0.1) is 23.4 Å². The van der Waals surface area contributed by atoms with Gasteiger partial charge >= 0.3 is 6.09 Å². The average molecular weight is 612 g/mol. The Labute approximate surface area is 260 Å². The van der Waals surface area contributed by atoms with E-state index in [2.05, 4.69) is 15.1 Å². The van der Waals surface area contributed by atoms with Crippen molar-refractivity contribution in [2.24, 2.45) is 11.8 Å². The lowest BCUT2D eigenvalue weighted by molar-refractivity contribution is 0.0651. The summed E-state index contributed by atoms with van der Waals surface area (Å²) in [6.45, 7) is 8.32. The smallest absolute Gasteiger partial charge is 0.410 e. The lowest BCUT2D eigenvalue weighted by Crippen LogP contribution is -2.48. The zero-order valence-electron chi connectivity index (χ0n) is 25.3. The van der Waals surface area contributed by atoms with Crippen molar-refractivity contribution in [3.05, 3.63) is 58.6 Å².